The number of thiophene rings is 1. The second-order valence-electron chi connectivity index (χ2n) is 5.40. The van der Waals surface area contributed by atoms with Crippen LogP contribution in [0.25, 0.3) is 0 Å². The molecule has 0 spiro atoms. The smallest absolute Gasteiger partial charge is 0.255 e. The van der Waals surface area contributed by atoms with Crippen LogP contribution in [0.1, 0.15) is 29.1 Å². The Bertz CT molecular complexity index is 624. The van der Waals surface area contributed by atoms with Gasteiger partial charge >= 0.3 is 0 Å². The molecule has 1 saturated heterocycles. The Balaban J connectivity index is 2.23. The van der Waals surface area contributed by atoms with E-state index in [9.17, 15) is 9.59 Å². The van der Waals surface area contributed by atoms with Crippen LogP contribution in [0, 0.1) is 11.8 Å². The summed E-state index contributed by atoms with van der Waals surface area (Å²) < 4.78 is 0. The maximum absolute atomic E-state index is 12.6. The number of nitrogens with zero attached hydrogens (tertiary/aromatic N) is 2. The third-order valence-corrected chi connectivity index (χ3v) is 4.43. The van der Waals surface area contributed by atoms with Gasteiger partial charge in [-0.25, -0.2) is 0 Å². The molecule has 5 nitrogen and oxygen atoms in total. The molecule has 21 heavy (non-hydrogen) atoms. The molecule has 0 unspecified atom stereocenters. The van der Waals surface area contributed by atoms with E-state index >= 15 is 0 Å². The highest BCUT2D eigenvalue weighted by atomic mass is 32.1. The van der Waals surface area contributed by atoms with Gasteiger partial charge in [-0.3, -0.25) is 9.59 Å². The first-order chi connectivity index (χ1) is 9.87. The Hall–Kier alpha value is -1.84. The highest BCUT2D eigenvalue weighted by molar-refractivity contribution is 7.10. The van der Waals surface area contributed by atoms with Crippen LogP contribution in [0.5, 0.6) is 0 Å². The van der Waals surface area contributed by atoms with Gasteiger partial charge in [0.15, 0.2) is 0 Å². The molecular weight excluding hydrogens is 288 g/mol. The lowest BCUT2D eigenvalue weighted by molar-refractivity contribution is -0.144. The molecule has 1 aromatic heterocycles. The van der Waals surface area contributed by atoms with Crippen LogP contribution in [-0.4, -0.2) is 59.0 Å². The molecule has 2 heterocycles. The summed E-state index contributed by atoms with van der Waals surface area (Å²) in [4.78, 5) is 28.8. The number of hydrogen-bond donors (Lipinski definition) is 1. The zero-order valence-corrected chi connectivity index (χ0v) is 13.2. The monoisotopic (exact) mass is 306 g/mol. The van der Waals surface area contributed by atoms with Gasteiger partial charge < -0.3 is 14.9 Å². The van der Waals surface area contributed by atoms with E-state index < -0.39 is 5.54 Å². The van der Waals surface area contributed by atoms with Crippen LogP contribution in [0.4, 0.5) is 0 Å². The average molecular weight is 306 g/mol. The van der Waals surface area contributed by atoms with Crippen molar-refractivity contribution in [1.29, 1.82) is 0 Å². The minimum Gasteiger partial charge on any atom is -0.384 e. The average Bonchev–Trinajstić information content (AvgIpc) is 2.91. The van der Waals surface area contributed by atoms with Crippen molar-refractivity contribution in [2.75, 3.05) is 26.7 Å². The minimum absolute atomic E-state index is 0.0578. The van der Waals surface area contributed by atoms with Gasteiger partial charge in [0, 0.05) is 25.5 Å². The number of aliphatic hydroxyl groups excluding tert-OH is 1. The maximum atomic E-state index is 12.6. The molecule has 2 rings (SSSR count). The second-order valence-corrected chi connectivity index (χ2v) is 6.31. The van der Waals surface area contributed by atoms with Gasteiger partial charge in [-0.1, -0.05) is 11.8 Å². The van der Waals surface area contributed by atoms with E-state index in [1.807, 2.05) is 0 Å². The first-order valence-corrected chi connectivity index (χ1v) is 7.51. The lowest BCUT2D eigenvalue weighted by Gasteiger charge is -2.44. The van der Waals surface area contributed by atoms with E-state index in [2.05, 4.69) is 11.8 Å². The Labute approximate surface area is 128 Å². The topological polar surface area (TPSA) is 60.9 Å². The molecule has 6 heteroatoms. The molecule has 1 N–H and O–H groups in total. The lowest BCUT2D eigenvalue weighted by atomic mass is 9.97. The number of aliphatic hydroxyl groups is 1. The van der Waals surface area contributed by atoms with Crippen LogP contribution < -0.4 is 0 Å². The molecule has 0 aromatic carbocycles. The van der Waals surface area contributed by atoms with Crippen molar-refractivity contribution in [3.63, 3.8) is 0 Å². The van der Waals surface area contributed by atoms with Crippen molar-refractivity contribution in [3.8, 4) is 11.8 Å². The third kappa shape index (κ3) is 2.94. The molecule has 112 valence electrons. The number of carbonyl (C=O) groups excluding carboxylic acids is 2. The van der Waals surface area contributed by atoms with Crippen molar-refractivity contribution in [2.45, 2.75) is 19.4 Å². The molecule has 1 aliphatic heterocycles. The third-order valence-electron chi connectivity index (χ3n) is 3.59. The van der Waals surface area contributed by atoms with E-state index in [1.165, 1.54) is 11.3 Å². The molecule has 2 amide bonds. The summed E-state index contributed by atoms with van der Waals surface area (Å²) in [5.74, 6) is 5.12. The van der Waals surface area contributed by atoms with Gasteiger partial charge in [-0.05, 0) is 19.9 Å². The van der Waals surface area contributed by atoms with E-state index in [-0.39, 0.29) is 18.4 Å². The fraction of sp³-hybridized carbons (Fsp3) is 0.467. The second kappa shape index (κ2) is 5.88. The van der Waals surface area contributed by atoms with Gasteiger partial charge in [0.25, 0.3) is 5.91 Å². The summed E-state index contributed by atoms with van der Waals surface area (Å²) in [6.45, 7) is 4.38. The summed E-state index contributed by atoms with van der Waals surface area (Å²) in [7, 11) is 1.75. The number of likely N-dealkylation sites (N-methyl/N-ethyl adjacent to an activating group) is 1. The molecule has 0 bridgehead atoms. The number of piperazine rings is 1. The summed E-state index contributed by atoms with van der Waals surface area (Å²) in [6.07, 6.45) is 0. The van der Waals surface area contributed by atoms with Crippen molar-refractivity contribution >= 4 is 23.2 Å². The first kappa shape index (κ1) is 15.5. The quantitative estimate of drug-likeness (QED) is 0.780. The zero-order chi connectivity index (χ0) is 15.6. The SMILES string of the molecule is CN1CCN(C(=O)c2csc(C#CCO)c2)C(C)(C)C1=O. The number of amides is 2. The van der Waals surface area contributed by atoms with Gasteiger partial charge in [-0.15, -0.1) is 11.3 Å². The summed E-state index contributed by atoms with van der Waals surface area (Å²) in [6, 6.07) is 1.70. The normalized spacial score (nSPS) is 17.4. The number of rotatable bonds is 1. The van der Waals surface area contributed by atoms with Crippen molar-refractivity contribution < 1.29 is 14.7 Å². The number of carbonyl (C=O) groups is 2. The fourth-order valence-electron chi connectivity index (χ4n) is 2.37. The van der Waals surface area contributed by atoms with E-state index in [1.54, 1.807) is 42.1 Å². The first-order valence-electron chi connectivity index (χ1n) is 6.63. The van der Waals surface area contributed by atoms with Crippen LogP contribution in [-0.2, 0) is 4.79 Å². The molecule has 0 saturated carbocycles. The Morgan fingerprint density at radius 3 is 2.86 bits per heavy atom. The Morgan fingerprint density at radius 2 is 2.19 bits per heavy atom. The molecule has 0 radical (unpaired) electrons. The lowest BCUT2D eigenvalue weighted by Crippen LogP contribution is -2.63. The van der Waals surface area contributed by atoms with Crippen LogP contribution >= 0.6 is 11.3 Å². The van der Waals surface area contributed by atoms with Crippen molar-refractivity contribution in [3.05, 3.63) is 21.9 Å². The Kier molecular flexibility index (Phi) is 4.35. The highest BCUT2D eigenvalue weighted by Gasteiger charge is 2.43. The van der Waals surface area contributed by atoms with E-state index in [4.69, 9.17) is 5.11 Å². The van der Waals surface area contributed by atoms with Crippen LogP contribution in [0.15, 0.2) is 11.4 Å². The maximum Gasteiger partial charge on any atom is 0.255 e. The van der Waals surface area contributed by atoms with E-state index in [0.717, 1.165) is 4.88 Å². The molecule has 0 atom stereocenters. The van der Waals surface area contributed by atoms with Crippen LogP contribution in [0.2, 0.25) is 0 Å². The highest BCUT2D eigenvalue weighted by Crippen LogP contribution is 2.25. The summed E-state index contributed by atoms with van der Waals surface area (Å²) in [5.41, 5.74) is -0.309. The van der Waals surface area contributed by atoms with Gasteiger partial charge in [0.2, 0.25) is 5.91 Å². The van der Waals surface area contributed by atoms with Gasteiger partial charge in [0.1, 0.15) is 12.1 Å². The number of hydrogen-bond acceptors (Lipinski definition) is 4. The molecular formula is C15H18N2O3S. The van der Waals surface area contributed by atoms with Crippen LogP contribution in [0.3, 0.4) is 0 Å². The van der Waals surface area contributed by atoms with Crippen molar-refractivity contribution in [1.82, 2.24) is 9.80 Å². The fourth-order valence-corrected chi connectivity index (χ4v) is 3.11. The van der Waals surface area contributed by atoms with E-state index in [0.29, 0.717) is 18.7 Å². The molecule has 1 aromatic rings. The molecule has 1 fully saturated rings. The summed E-state index contributed by atoms with van der Waals surface area (Å²) in [5, 5.41) is 10.4. The summed E-state index contributed by atoms with van der Waals surface area (Å²) >= 11 is 1.36. The largest absolute Gasteiger partial charge is 0.384 e. The van der Waals surface area contributed by atoms with Gasteiger partial charge in [0.05, 0.1) is 10.4 Å². The Morgan fingerprint density at radius 1 is 1.48 bits per heavy atom. The predicted molar refractivity (Wildman–Crippen MR) is 81.0 cm³/mol. The standard InChI is InChI=1S/C15H18N2O3S/c1-15(2)14(20)16(3)6-7-17(15)13(19)11-9-12(21-10-11)5-4-8-18/h9-10,18H,6-8H2,1-3H3. The predicted octanol–water partition coefficient (Wildman–Crippen LogP) is 0.785. The van der Waals surface area contributed by atoms with Gasteiger partial charge in [-0.2, -0.15) is 0 Å². The zero-order valence-electron chi connectivity index (χ0n) is 12.3. The minimum atomic E-state index is -0.844. The molecule has 0 aliphatic carbocycles. The molecule has 1 aliphatic rings. The van der Waals surface area contributed by atoms with Crippen molar-refractivity contribution in [2.24, 2.45) is 0 Å².